The molecule has 2 aromatic heterocycles. The second-order valence-electron chi connectivity index (χ2n) is 2.48. The lowest BCUT2D eigenvalue weighted by Crippen LogP contribution is -1.96. The molecule has 0 unspecified atom stereocenters. The number of imidazole rings is 1. The Morgan fingerprint density at radius 3 is 3.31 bits per heavy atom. The van der Waals surface area contributed by atoms with Crippen LogP contribution in [0.4, 0.5) is 0 Å². The Bertz CT molecular complexity index is 424. The molecule has 2 heterocycles. The zero-order chi connectivity index (χ0) is 9.10. The van der Waals surface area contributed by atoms with E-state index in [2.05, 4.69) is 14.7 Å². The Hall–Kier alpha value is -1.91. The molecule has 5 nitrogen and oxygen atoms in total. The molecule has 5 heteroatoms. The minimum Gasteiger partial charge on any atom is -0.461 e. The Morgan fingerprint density at radius 1 is 1.54 bits per heavy atom. The van der Waals surface area contributed by atoms with Crippen molar-refractivity contribution in [2.75, 3.05) is 0 Å². The van der Waals surface area contributed by atoms with Crippen LogP contribution in [0.3, 0.4) is 0 Å². The predicted molar refractivity (Wildman–Crippen MR) is 43.8 cm³/mol. The molecule has 66 valence electrons. The largest absolute Gasteiger partial charge is 0.461 e. The van der Waals surface area contributed by atoms with Crippen molar-refractivity contribution < 1.29 is 9.53 Å². The molecule has 0 N–H and O–H groups in total. The Labute approximate surface area is 74.0 Å². The number of ether oxygens (including phenoxy) is 1. The minimum absolute atomic E-state index is 0.192. The second-order valence-corrected chi connectivity index (χ2v) is 2.48. The molecule has 0 saturated carbocycles. The number of nitrogens with zero attached hydrogens (tertiary/aromatic N) is 3. The molecular formula is C8H7N3O2. The smallest absolute Gasteiger partial charge is 0.293 e. The van der Waals surface area contributed by atoms with E-state index in [0.29, 0.717) is 12.2 Å². The van der Waals surface area contributed by atoms with Crippen LogP contribution in [0.25, 0.3) is 5.65 Å². The minimum atomic E-state index is 0.192. The number of carbonyl (C=O) groups is 1. The SMILES string of the molecule is O=COCc1cn2ccnc2cn1. The molecular weight excluding hydrogens is 170 g/mol. The third kappa shape index (κ3) is 1.48. The number of hydrogen-bond donors (Lipinski definition) is 0. The van der Waals surface area contributed by atoms with Gasteiger partial charge in [0.15, 0.2) is 5.65 Å². The molecule has 2 aromatic rings. The molecule has 0 aromatic carbocycles. The highest BCUT2D eigenvalue weighted by molar-refractivity contribution is 5.38. The standard InChI is InChI=1S/C8H7N3O2/c12-6-13-5-7-4-11-2-1-9-8(11)3-10-7/h1-4,6H,5H2. The van der Waals surface area contributed by atoms with E-state index in [1.165, 1.54) is 0 Å². The van der Waals surface area contributed by atoms with Crippen LogP contribution in [-0.4, -0.2) is 20.8 Å². The van der Waals surface area contributed by atoms with Crippen LogP contribution in [0.15, 0.2) is 24.8 Å². The van der Waals surface area contributed by atoms with E-state index >= 15 is 0 Å². The predicted octanol–water partition coefficient (Wildman–Crippen LogP) is 0.402. The summed E-state index contributed by atoms with van der Waals surface area (Å²) in [6, 6.07) is 0. The first-order chi connectivity index (χ1) is 6.40. The fourth-order valence-corrected chi connectivity index (χ4v) is 1.06. The third-order valence-corrected chi connectivity index (χ3v) is 1.63. The summed E-state index contributed by atoms with van der Waals surface area (Å²) in [6.45, 7) is 0.595. The van der Waals surface area contributed by atoms with Gasteiger partial charge >= 0.3 is 0 Å². The molecule has 0 aliphatic heterocycles. The van der Waals surface area contributed by atoms with Crippen LogP contribution < -0.4 is 0 Å². The summed E-state index contributed by atoms with van der Waals surface area (Å²) in [7, 11) is 0. The van der Waals surface area contributed by atoms with Gasteiger partial charge in [-0.1, -0.05) is 0 Å². The highest BCUT2D eigenvalue weighted by Crippen LogP contribution is 2.01. The molecule has 0 atom stereocenters. The molecule has 0 aliphatic rings. The summed E-state index contributed by atoms with van der Waals surface area (Å²) in [6.07, 6.45) is 6.89. The van der Waals surface area contributed by atoms with Gasteiger partial charge in [0.1, 0.15) is 6.61 Å². The van der Waals surface area contributed by atoms with Crippen molar-refractivity contribution in [1.82, 2.24) is 14.4 Å². The van der Waals surface area contributed by atoms with Gasteiger partial charge in [0.05, 0.1) is 11.9 Å². The zero-order valence-electron chi connectivity index (χ0n) is 6.75. The molecule has 0 spiro atoms. The number of hydrogen-bond acceptors (Lipinski definition) is 4. The molecule has 0 radical (unpaired) electrons. The zero-order valence-corrected chi connectivity index (χ0v) is 6.75. The first kappa shape index (κ1) is 7.72. The molecule has 0 fully saturated rings. The first-order valence-electron chi connectivity index (χ1n) is 3.73. The number of aromatic nitrogens is 3. The number of carbonyl (C=O) groups excluding carboxylic acids is 1. The van der Waals surface area contributed by atoms with Crippen LogP contribution in [0.1, 0.15) is 5.69 Å². The average molecular weight is 177 g/mol. The summed E-state index contributed by atoms with van der Waals surface area (Å²) in [5.74, 6) is 0. The van der Waals surface area contributed by atoms with Crippen molar-refractivity contribution in [1.29, 1.82) is 0 Å². The van der Waals surface area contributed by atoms with E-state index in [0.717, 1.165) is 5.65 Å². The second kappa shape index (κ2) is 3.22. The van der Waals surface area contributed by atoms with Gasteiger partial charge in [-0.25, -0.2) is 4.98 Å². The van der Waals surface area contributed by atoms with Crippen LogP contribution in [0.2, 0.25) is 0 Å². The van der Waals surface area contributed by atoms with E-state index in [1.54, 1.807) is 24.8 Å². The quantitative estimate of drug-likeness (QED) is 0.637. The van der Waals surface area contributed by atoms with Crippen LogP contribution in [0, 0.1) is 0 Å². The van der Waals surface area contributed by atoms with Crippen molar-refractivity contribution in [3.05, 3.63) is 30.5 Å². The normalized spacial score (nSPS) is 10.2. The Kier molecular flexibility index (Phi) is 1.91. The lowest BCUT2D eigenvalue weighted by Gasteiger charge is -1.98. The van der Waals surface area contributed by atoms with Crippen molar-refractivity contribution in [3.63, 3.8) is 0 Å². The number of rotatable bonds is 3. The molecule has 2 rings (SSSR count). The average Bonchev–Trinajstić information content (AvgIpc) is 2.61. The maximum Gasteiger partial charge on any atom is 0.293 e. The summed E-state index contributed by atoms with van der Waals surface area (Å²) >= 11 is 0. The van der Waals surface area contributed by atoms with Crippen LogP contribution in [-0.2, 0) is 16.1 Å². The monoisotopic (exact) mass is 177 g/mol. The van der Waals surface area contributed by atoms with E-state index in [1.807, 2.05) is 4.40 Å². The van der Waals surface area contributed by atoms with E-state index in [-0.39, 0.29) is 6.61 Å². The van der Waals surface area contributed by atoms with Gasteiger partial charge in [-0.3, -0.25) is 9.78 Å². The fraction of sp³-hybridized carbons (Fsp3) is 0.125. The van der Waals surface area contributed by atoms with Crippen molar-refractivity contribution in [3.8, 4) is 0 Å². The van der Waals surface area contributed by atoms with Crippen molar-refractivity contribution in [2.24, 2.45) is 0 Å². The Morgan fingerprint density at radius 2 is 2.46 bits per heavy atom. The summed E-state index contributed by atoms with van der Waals surface area (Å²) in [5, 5.41) is 0. The Balaban J connectivity index is 2.31. The molecule has 0 aliphatic carbocycles. The van der Waals surface area contributed by atoms with E-state index < -0.39 is 0 Å². The van der Waals surface area contributed by atoms with E-state index in [4.69, 9.17) is 0 Å². The number of fused-ring (bicyclic) bond motifs is 1. The maximum atomic E-state index is 9.92. The summed E-state index contributed by atoms with van der Waals surface area (Å²) in [5.41, 5.74) is 1.47. The van der Waals surface area contributed by atoms with Gasteiger partial charge in [0, 0.05) is 18.6 Å². The van der Waals surface area contributed by atoms with Crippen LogP contribution >= 0.6 is 0 Å². The first-order valence-corrected chi connectivity index (χ1v) is 3.73. The third-order valence-electron chi connectivity index (χ3n) is 1.63. The molecule has 0 bridgehead atoms. The molecule has 0 saturated heterocycles. The molecule has 0 amide bonds. The van der Waals surface area contributed by atoms with Crippen molar-refractivity contribution >= 4 is 12.1 Å². The van der Waals surface area contributed by atoms with Gasteiger partial charge in [-0.05, 0) is 0 Å². The van der Waals surface area contributed by atoms with Crippen molar-refractivity contribution in [2.45, 2.75) is 6.61 Å². The van der Waals surface area contributed by atoms with E-state index in [9.17, 15) is 4.79 Å². The summed E-state index contributed by atoms with van der Waals surface area (Å²) in [4.78, 5) is 18.0. The highest BCUT2D eigenvalue weighted by Gasteiger charge is 1.97. The van der Waals surface area contributed by atoms with Gasteiger partial charge in [-0.2, -0.15) is 0 Å². The van der Waals surface area contributed by atoms with Gasteiger partial charge < -0.3 is 9.14 Å². The topological polar surface area (TPSA) is 56.5 Å². The fourth-order valence-electron chi connectivity index (χ4n) is 1.06. The maximum absolute atomic E-state index is 9.92. The van der Waals surface area contributed by atoms with Gasteiger partial charge in [0.25, 0.3) is 6.47 Å². The lowest BCUT2D eigenvalue weighted by atomic mass is 10.5. The highest BCUT2D eigenvalue weighted by atomic mass is 16.5. The molecule has 13 heavy (non-hydrogen) atoms. The van der Waals surface area contributed by atoms with Gasteiger partial charge in [0.2, 0.25) is 0 Å². The lowest BCUT2D eigenvalue weighted by molar-refractivity contribution is -0.129. The van der Waals surface area contributed by atoms with Gasteiger partial charge in [-0.15, -0.1) is 0 Å². The van der Waals surface area contributed by atoms with Crippen LogP contribution in [0.5, 0.6) is 0 Å². The summed E-state index contributed by atoms with van der Waals surface area (Å²) < 4.78 is 6.38.